The second-order valence-electron chi connectivity index (χ2n) is 5.68. The van der Waals surface area contributed by atoms with Gasteiger partial charge in [-0.3, -0.25) is 0 Å². The van der Waals surface area contributed by atoms with Gasteiger partial charge in [-0.1, -0.05) is 12.1 Å². The summed E-state index contributed by atoms with van der Waals surface area (Å²) in [5, 5.41) is 10.0. The molecule has 0 radical (unpaired) electrons. The molecule has 0 amide bonds. The molecule has 1 aromatic carbocycles. The average molecular weight is 281 g/mol. The maximum absolute atomic E-state index is 13.1. The molecular weight excluding hydrogens is 257 g/mol. The molecule has 1 atom stereocenters. The zero-order chi connectivity index (χ0) is 14.4. The first-order valence-corrected chi connectivity index (χ1v) is 7.35. The lowest BCUT2D eigenvalue weighted by molar-refractivity contribution is 0.0947. The van der Waals surface area contributed by atoms with Crippen LogP contribution in [0.3, 0.4) is 0 Å². The van der Waals surface area contributed by atoms with E-state index in [4.69, 9.17) is 4.74 Å². The molecule has 3 nitrogen and oxygen atoms in total. The van der Waals surface area contributed by atoms with Crippen LogP contribution in [0.4, 0.5) is 4.39 Å². The highest BCUT2D eigenvalue weighted by molar-refractivity contribution is 5.18. The summed E-state index contributed by atoms with van der Waals surface area (Å²) < 4.78 is 18.6. The van der Waals surface area contributed by atoms with Crippen LogP contribution >= 0.6 is 0 Å². The van der Waals surface area contributed by atoms with Gasteiger partial charge in [0.1, 0.15) is 5.82 Å². The van der Waals surface area contributed by atoms with Crippen molar-refractivity contribution in [2.24, 2.45) is 5.92 Å². The van der Waals surface area contributed by atoms with Gasteiger partial charge in [0.25, 0.3) is 0 Å². The van der Waals surface area contributed by atoms with Gasteiger partial charge in [0, 0.05) is 19.7 Å². The molecule has 1 fully saturated rings. The molecule has 1 unspecified atom stereocenters. The third kappa shape index (κ3) is 5.57. The lowest BCUT2D eigenvalue weighted by atomic mass is 10.1. The molecule has 4 heteroatoms. The van der Waals surface area contributed by atoms with Crippen LogP contribution in [0.1, 0.15) is 30.9 Å². The van der Waals surface area contributed by atoms with Gasteiger partial charge in [-0.05, 0) is 49.9 Å². The first-order chi connectivity index (χ1) is 9.65. The van der Waals surface area contributed by atoms with Gasteiger partial charge in [0.05, 0.1) is 12.7 Å². The van der Waals surface area contributed by atoms with Crippen LogP contribution in [-0.2, 0) is 4.74 Å². The molecule has 20 heavy (non-hydrogen) atoms. The standard InChI is InChI=1S/C16H24FNO2/c1-18(9-10-20-12-13-5-6-13)8-7-16(19)14-3-2-4-15(17)11-14/h2-4,11,13,16,19H,5-10,12H2,1H3. The third-order valence-electron chi connectivity index (χ3n) is 3.69. The first kappa shape index (κ1) is 15.4. The van der Waals surface area contributed by atoms with Crippen LogP contribution in [0.15, 0.2) is 24.3 Å². The molecular formula is C16H24FNO2. The lowest BCUT2D eigenvalue weighted by Crippen LogP contribution is -2.25. The number of likely N-dealkylation sites (N-methyl/N-ethyl adjacent to an activating group) is 1. The van der Waals surface area contributed by atoms with Gasteiger partial charge in [-0.2, -0.15) is 0 Å². The molecule has 0 aromatic heterocycles. The van der Waals surface area contributed by atoms with Crippen LogP contribution in [0.2, 0.25) is 0 Å². The number of aliphatic hydroxyl groups is 1. The van der Waals surface area contributed by atoms with E-state index in [9.17, 15) is 9.50 Å². The Morgan fingerprint density at radius 2 is 2.20 bits per heavy atom. The molecule has 1 saturated carbocycles. The van der Waals surface area contributed by atoms with Crippen LogP contribution in [0, 0.1) is 11.7 Å². The van der Waals surface area contributed by atoms with Crippen LogP contribution in [0.25, 0.3) is 0 Å². The molecule has 0 saturated heterocycles. The monoisotopic (exact) mass is 281 g/mol. The van der Waals surface area contributed by atoms with Crippen molar-refractivity contribution in [2.75, 3.05) is 33.4 Å². The van der Waals surface area contributed by atoms with Crippen LogP contribution in [-0.4, -0.2) is 43.4 Å². The number of hydrogen-bond donors (Lipinski definition) is 1. The number of benzene rings is 1. The fourth-order valence-corrected chi connectivity index (χ4v) is 2.09. The van der Waals surface area contributed by atoms with E-state index in [1.807, 2.05) is 7.05 Å². The number of halogens is 1. The fraction of sp³-hybridized carbons (Fsp3) is 0.625. The van der Waals surface area contributed by atoms with Gasteiger partial charge in [0.2, 0.25) is 0 Å². The summed E-state index contributed by atoms with van der Waals surface area (Å²) in [4.78, 5) is 2.13. The number of nitrogens with zero attached hydrogens (tertiary/aromatic N) is 1. The highest BCUT2D eigenvalue weighted by atomic mass is 19.1. The van der Waals surface area contributed by atoms with Gasteiger partial charge >= 0.3 is 0 Å². The maximum atomic E-state index is 13.1. The van der Waals surface area contributed by atoms with E-state index in [2.05, 4.69) is 4.90 Å². The molecule has 112 valence electrons. The Balaban J connectivity index is 1.60. The van der Waals surface area contributed by atoms with E-state index >= 15 is 0 Å². The van der Waals surface area contributed by atoms with E-state index in [0.717, 1.165) is 32.2 Å². The fourth-order valence-electron chi connectivity index (χ4n) is 2.09. The highest BCUT2D eigenvalue weighted by Crippen LogP contribution is 2.28. The van der Waals surface area contributed by atoms with E-state index in [1.165, 1.54) is 25.0 Å². The minimum Gasteiger partial charge on any atom is -0.388 e. The Kier molecular flexibility index (Phi) is 5.95. The molecule has 0 heterocycles. The van der Waals surface area contributed by atoms with Crippen molar-refractivity contribution in [2.45, 2.75) is 25.4 Å². The summed E-state index contributed by atoms with van der Waals surface area (Å²) in [5.41, 5.74) is 0.642. The zero-order valence-corrected chi connectivity index (χ0v) is 12.1. The summed E-state index contributed by atoms with van der Waals surface area (Å²) in [6, 6.07) is 6.17. The maximum Gasteiger partial charge on any atom is 0.123 e. The predicted octanol–water partition coefficient (Wildman–Crippen LogP) is 2.61. The molecule has 1 aromatic rings. The minimum absolute atomic E-state index is 0.302. The summed E-state index contributed by atoms with van der Waals surface area (Å²) >= 11 is 0. The van der Waals surface area contributed by atoms with Gasteiger partial charge in [0.15, 0.2) is 0 Å². The molecule has 0 spiro atoms. The average Bonchev–Trinajstić information content (AvgIpc) is 3.25. The first-order valence-electron chi connectivity index (χ1n) is 7.35. The van der Waals surface area contributed by atoms with Gasteiger partial charge in [-0.25, -0.2) is 4.39 Å². The summed E-state index contributed by atoms with van der Waals surface area (Å²) in [5.74, 6) is 0.499. The predicted molar refractivity (Wildman–Crippen MR) is 77.0 cm³/mol. The summed E-state index contributed by atoms with van der Waals surface area (Å²) in [7, 11) is 2.01. The quantitative estimate of drug-likeness (QED) is 0.706. The summed E-state index contributed by atoms with van der Waals surface area (Å²) in [6.45, 7) is 3.26. The van der Waals surface area contributed by atoms with Gasteiger partial charge in [-0.15, -0.1) is 0 Å². The van der Waals surface area contributed by atoms with Crippen LogP contribution < -0.4 is 0 Å². The molecule has 1 aliphatic carbocycles. The Bertz CT molecular complexity index is 409. The Morgan fingerprint density at radius 3 is 2.90 bits per heavy atom. The van der Waals surface area contributed by atoms with E-state index in [-0.39, 0.29) is 5.82 Å². The Hall–Kier alpha value is -0.970. The number of rotatable bonds is 9. The Morgan fingerprint density at radius 1 is 1.40 bits per heavy atom. The second kappa shape index (κ2) is 7.72. The van der Waals surface area contributed by atoms with Crippen molar-refractivity contribution in [1.29, 1.82) is 0 Å². The molecule has 0 aliphatic heterocycles. The summed E-state index contributed by atoms with van der Waals surface area (Å²) in [6.07, 6.45) is 2.62. The van der Waals surface area contributed by atoms with Gasteiger partial charge < -0.3 is 14.7 Å². The van der Waals surface area contributed by atoms with Crippen molar-refractivity contribution < 1.29 is 14.2 Å². The van der Waals surface area contributed by atoms with Crippen molar-refractivity contribution in [3.8, 4) is 0 Å². The van der Waals surface area contributed by atoms with E-state index < -0.39 is 6.10 Å². The third-order valence-corrected chi connectivity index (χ3v) is 3.69. The van der Waals surface area contributed by atoms with Crippen molar-refractivity contribution in [3.63, 3.8) is 0 Å². The minimum atomic E-state index is -0.611. The normalized spacial score (nSPS) is 16.6. The Labute approximate surface area is 120 Å². The van der Waals surface area contributed by atoms with E-state index in [0.29, 0.717) is 12.0 Å². The van der Waals surface area contributed by atoms with Crippen molar-refractivity contribution >= 4 is 0 Å². The molecule has 1 N–H and O–H groups in total. The lowest BCUT2D eigenvalue weighted by Gasteiger charge is -2.19. The number of aliphatic hydroxyl groups excluding tert-OH is 1. The highest BCUT2D eigenvalue weighted by Gasteiger charge is 2.20. The zero-order valence-electron chi connectivity index (χ0n) is 12.1. The largest absolute Gasteiger partial charge is 0.388 e. The number of hydrogen-bond acceptors (Lipinski definition) is 3. The smallest absolute Gasteiger partial charge is 0.123 e. The molecule has 0 bridgehead atoms. The second-order valence-corrected chi connectivity index (χ2v) is 5.68. The number of ether oxygens (including phenoxy) is 1. The topological polar surface area (TPSA) is 32.7 Å². The van der Waals surface area contributed by atoms with E-state index in [1.54, 1.807) is 12.1 Å². The molecule has 1 aliphatic rings. The SMILES string of the molecule is CN(CCOCC1CC1)CCC(O)c1cccc(F)c1. The molecule has 2 rings (SSSR count). The van der Waals surface area contributed by atoms with Crippen LogP contribution in [0.5, 0.6) is 0 Å². The van der Waals surface area contributed by atoms with Crippen molar-refractivity contribution in [3.05, 3.63) is 35.6 Å². The van der Waals surface area contributed by atoms with Crippen molar-refractivity contribution in [1.82, 2.24) is 4.90 Å².